The van der Waals surface area contributed by atoms with Crippen LogP contribution < -0.4 is 5.32 Å². The molecule has 0 radical (unpaired) electrons. The van der Waals surface area contributed by atoms with Gasteiger partial charge in [0, 0.05) is 0 Å². The summed E-state index contributed by atoms with van der Waals surface area (Å²) in [6.45, 7) is 3.99. The first-order chi connectivity index (χ1) is 17.5. The molecule has 0 aliphatic rings. The fraction of sp³-hybridized carbons (Fsp3) is 0.900. The number of carbonyl (C=O) groups excluding carboxylic acids is 1. The van der Waals surface area contributed by atoms with Crippen LogP contribution in [0.1, 0.15) is 142 Å². The second-order valence-electron chi connectivity index (χ2n) is 10.5. The van der Waals surface area contributed by atoms with Crippen LogP contribution >= 0.6 is 0 Å². The summed E-state index contributed by atoms with van der Waals surface area (Å²) < 4.78 is 0. The topological polar surface area (TPSA) is 110 Å². The van der Waals surface area contributed by atoms with Gasteiger partial charge in [-0.2, -0.15) is 0 Å². The normalized spacial score (nSPS) is 15.2. The number of hydrogen-bond acceptors (Lipinski definition) is 5. The first-order valence-electron chi connectivity index (χ1n) is 15.1. The molecule has 4 atom stereocenters. The fourth-order valence-corrected chi connectivity index (χ4v) is 4.43. The minimum atomic E-state index is -1.14. The Morgan fingerprint density at radius 3 is 1.50 bits per heavy atom. The fourth-order valence-electron chi connectivity index (χ4n) is 4.43. The van der Waals surface area contributed by atoms with Crippen LogP contribution in [0.15, 0.2) is 12.2 Å². The molecule has 0 saturated carbocycles. The SMILES string of the molecule is CCCCCCCCCCCCC(O)/C=C/C(O)C(CO)NC(=O)C(O)CCCCCCCCCC. The molecular weight excluding hydrogens is 454 g/mol. The Hall–Kier alpha value is -0.950. The largest absolute Gasteiger partial charge is 0.394 e. The molecule has 0 aromatic carbocycles. The zero-order valence-corrected chi connectivity index (χ0v) is 23.5. The molecule has 0 fully saturated rings. The van der Waals surface area contributed by atoms with Gasteiger partial charge in [-0.1, -0.05) is 142 Å². The van der Waals surface area contributed by atoms with E-state index in [1.807, 2.05) is 0 Å². The van der Waals surface area contributed by atoms with Crippen molar-refractivity contribution in [2.75, 3.05) is 6.61 Å². The van der Waals surface area contributed by atoms with Crippen LogP contribution in [0.5, 0.6) is 0 Å². The van der Waals surface area contributed by atoms with Gasteiger partial charge in [-0.3, -0.25) is 4.79 Å². The lowest BCUT2D eigenvalue weighted by Gasteiger charge is -2.22. The van der Waals surface area contributed by atoms with E-state index in [1.54, 1.807) is 0 Å². The van der Waals surface area contributed by atoms with E-state index in [-0.39, 0.29) is 0 Å². The third-order valence-corrected chi connectivity index (χ3v) is 6.95. The summed E-state index contributed by atoms with van der Waals surface area (Å²) in [5.41, 5.74) is 0. The number of amides is 1. The van der Waals surface area contributed by atoms with Crippen molar-refractivity contribution in [2.24, 2.45) is 0 Å². The average Bonchev–Trinajstić information content (AvgIpc) is 2.88. The molecule has 6 nitrogen and oxygen atoms in total. The number of carbonyl (C=O) groups is 1. The van der Waals surface area contributed by atoms with Gasteiger partial charge in [-0.25, -0.2) is 0 Å². The van der Waals surface area contributed by atoms with Crippen molar-refractivity contribution in [3.05, 3.63) is 12.2 Å². The summed E-state index contributed by atoms with van der Waals surface area (Å²) in [5.74, 6) is -0.574. The third-order valence-electron chi connectivity index (χ3n) is 6.95. The molecular formula is C30H59NO5. The summed E-state index contributed by atoms with van der Waals surface area (Å²) in [5, 5.41) is 42.7. The van der Waals surface area contributed by atoms with Gasteiger partial charge in [-0.15, -0.1) is 0 Å². The highest BCUT2D eigenvalue weighted by Crippen LogP contribution is 2.13. The summed E-state index contributed by atoms with van der Waals surface area (Å²) in [6, 6.07) is -0.911. The van der Waals surface area contributed by atoms with Crippen molar-refractivity contribution in [2.45, 2.75) is 167 Å². The molecule has 6 heteroatoms. The Balaban J connectivity index is 3.99. The maximum absolute atomic E-state index is 12.3. The van der Waals surface area contributed by atoms with E-state index in [4.69, 9.17) is 0 Å². The average molecular weight is 514 g/mol. The molecule has 0 saturated heterocycles. The molecule has 1 amide bonds. The maximum Gasteiger partial charge on any atom is 0.249 e. The monoisotopic (exact) mass is 513 g/mol. The van der Waals surface area contributed by atoms with Crippen LogP contribution in [0, 0.1) is 0 Å². The van der Waals surface area contributed by atoms with Crippen LogP contribution in [0.4, 0.5) is 0 Å². The van der Waals surface area contributed by atoms with E-state index in [0.29, 0.717) is 12.8 Å². The summed E-state index contributed by atoms with van der Waals surface area (Å²) in [4.78, 5) is 12.3. The van der Waals surface area contributed by atoms with Gasteiger partial charge < -0.3 is 25.7 Å². The lowest BCUT2D eigenvalue weighted by atomic mass is 10.0. The quantitative estimate of drug-likeness (QED) is 0.0726. The Bertz CT molecular complexity index is 514. The number of unbranched alkanes of at least 4 members (excludes halogenated alkanes) is 16. The van der Waals surface area contributed by atoms with Crippen molar-refractivity contribution in [3.63, 3.8) is 0 Å². The molecule has 0 rings (SSSR count). The van der Waals surface area contributed by atoms with E-state index in [1.165, 1.54) is 95.6 Å². The van der Waals surface area contributed by atoms with Crippen molar-refractivity contribution in [1.29, 1.82) is 0 Å². The van der Waals surface area contributed by atoms with Gasteiger partial charge in [0.15, 0.2) is 0 Å². The summed E-state index contributed by atoms with van der Waals surface area (Å²) in [7, 11) is 0. The maximum atomic E-state index is 12.3. The minimum Gasteiger partial charge on any atom is -0.394 e. The smallest absolute Gasteiger partial charge is 0.249 e. The van der Waals surface area contributed by atoms with Crippen LogP contribution in [0.2, 0.25) is 0 Å². The Morgan fingerprint density at radius 2 is 1.06 bits per heavy atom. The lowest BCUT2D eigenvalue weighted by Crippen LogP contribution is -2.48. The predicted octanol–water partition coefficient (Wildman–Crippen LogP) is 5.94. The van der Waals surface area contributed by atoms with Gasteiger partial charge in [0.05, 0.1) is 24.9 Å². The zero-order valence-electron chi connectivity index (χ0n) is 23.5. The zero-order chi connectivity index (χ0) is 26.9. The van der Waals surface area contributed by atoms with Gasteiger partial charge in [-0.05, 0) is 12.8 Å². The third kappa shape index (κ3) is 21.2. The molecule has 0 aromatic heterocycles. The molecule has 5 N–H and O–H groups in total. The Morgan fingerprint density at radius 1 is 0.639 bits per heavy atom. The highest BCUT2D eigenvalue weighted by molar-refractivity contribution is 5.80. The second-order valence-corrected chi connectivity index (χ2v) is 10.5. The number of hydrogen-bond donors (Lipinski definition) is 5. The lowest BCUT2D eigenvalue weighted by molar-refractivity contribution is -0.131. The van der Waals surface area contributed by atoms with Gasteiger partial charge in [0.1, 0.15) is 6.10 Å². The van der Waals surface area contributed by atoms with Gasteiger partial charge >= 0.3 is 0 Å². The second kappa shape index (κ2) is 25.7. The van der Waals surface area contributed by atoms with Crippen molar-refractivity contribution >= 4 is 5.91 Å². The minimum absolute atomic E-state index is 0.377. The first kappa shape index (κ1) is 35.0. The van der Waals surface area contributed by atoms with E-state index in [0.717, 1.165) is 32.1 Å². The summed E-state index contributed by atoms with van der Waals surface area (Å²) in [6.07, 6.45) is 22.5. The molecule has 0 aliphatic heterocycles. The van der Waals surface area contributed by atoms with Gasteiger partial charge in [0.2, 0.25) is 5.91 Å². The first-order valence-corrected chi connectivity index (χ1v) is 15.1. The summed E-state index contributed by atoms with van der Waals surface area (Å²) >= 11 is 0. The van der Waals surface area contributed by atoms with E-state index in [2.05, 4.69) is 19.2 Å². The molecule has 36 heavy (non-hydrogen) atoms. The number of aliphatic hydroxyl groups is 4. The van der Waals surface area contributed by atoms with Crippen LogP contribution in [-0.2, 0) is 4.79 Å². The van der Waals surface area contributed by atoms with Crippen molar-refractivity contribution in [1.82, 2.24) is 5.32 Å². The molecule has 0 aromatic rings. The molecule has 0 heterocycles. The van der Waals surface area contributed by atoms with E-state index < -0.39 is 36.9 Å². The highest BCUT2D eigenvalue weighted by Gasteiger charge is 2.22. The molecule has 4 unspecified atom stereocenters. The van der Waals surface area contributed by atoms with Crippen LogP contribution in [0.3, 0.4) is 0 Å². The molecule has 0 spiro atoms. The molecule has 0 aliphatic carbocycles. The van der Waals surface area contributed by atoms with Crippen molar-refractivity contribution < 1.29 is 25.2 Å². The molecule has 0 bridgehead atoms. The predicted molar refractivity (Wildman–Crippen MR) is 150 cm³/mol. The Labute approximate surface area is 222 Å². The number of aliphatic hydroxyl groups excluding tert-OH is 4. The van der Waals surface area contributed by atoms with Crippen LogP contribution in [-0.4, -0.2) is 57.3 Å². The van der Waals surface area contributed by atoms with E-state index >= 15 is 0 Å². The standard InChI is InChI=1S/C30H59NO5/c1-3-5-7-9-11-13-14-15-17-19-21-26(33)23-24-28(34)27(25-32)31-30(36)29(35)22-20-18-16-12-10-8-6-4-2/h23-24,26-29,32-35H,3-22,25H2,1-2H3,(H,31,36)/b24-23+. The molecule has 214 valence electrons. The Kier molecular flexibility index (Phi) is 25.0. The highest BCUT2D eigenvalue weighted by atomic mass is 16.3. The van der Waals surface area contributed by atoms with Crippen molar-refractivity contribution in [3.8, 4) is 0 Å². The number of rotatable bonds is 26. The van der Waals surface area contributed by atoms with Crippen LogP contribution in [0.25, 0.3) is 0 Å². The van der Waals surface area contributed by atoms with E-state index in [9.17, 15) is 25.2 Å². The van der Waals surface area contributed by atoms with Gasteiger partial charge in [0.25, 0.3) is 0 Å². The number of nitrogens with one attached hydrogen (secondary N) is 1.